The van der Waals surface area contributed by atoms with Crippen LogP contribution in [0.15, 0.2) is 108 Å². The van der Waals surface area contributed by atoms with Crippen LogP contribution in [0.3, 0.4) is 0 Å². The molecule has 0 spiro atoms. The third-order valence-corrected chi connectivity index (χ3v) is 5.69. The lowest BCUT2D eigenvalue weighted by Crippen LogP contribution is -1.95. The van der Waals surface area contributed by atoms with Gasteiger partial charge in [0.1, 0.15) is 23.0 Å². The van der Waals surface area contributed by atoms with E-state index in [4.69, 9.17) is 43.9 Å². The first-order valence-corrected chi connectivity index (χ1v) is 13.1. The minimum Gasteiger partial charge on any atom is -0.455 e. The summed E-state index contributed by atoms with van der Waals surface area (Å²) in [6.07, 6.45) is 4.51. The molecule has 0 unspecified atom stereocenters. The van der Waals surface area contributed by atoms with Crippen LogP contribution in [0.1, 0.15) is 38.8 Å². The number of hydrogen-bond acceptors (Lipinski definition) is 8. The molecule has 0 amide bonds. The fourth-order valence-electron chi connectivity index (χ4n) is 3.16. The molecule has 0 aliphatic carbocycles. The molecule has 0 heterocycles. The summed E-state index contributed by atoms with van der Waals surface area (Å²) >= 11 is 0. The first kappa shape index (κ1) is 32.0. The van der Waals surface area contributed by atoms with Crippen LogP contribution < -0.4 is 43.9 Å². The summed E-state index contributed by atoms with van der Waals surface area (Å²) in [6.45, 7) is 7.55. The largest absolute Gasteiger partial charge is 0.455 e. The molecule has 0 atom stereocenters. The number of ether oxygens (including phenoxy) is 2. The van der Waals surface area contributed by atoms with E-state index < -0.39 is 0 Å². The topological polar surface area (TPSA) is 175 Å². The van der Waals surface area contributed by atoms with E-state index in [0.717, 1.165) is 28.9 Å². The van der Waals surface area contributed by atoms with Crippen LogP contribution in [0.25, 0.3) is 0 Å². The van der Waals surface area contributed by atoms with Gasteiger partial charge in [0.15, 0.2) is 0 Å². The number of allylic oxidation sites excluding steroid dienone is 4. The predicted molar refractivity (Wildman–Crippen MR) is 174 cm³/mol. The van der Waals surface area contributed by atoms with Gasteiger partial charge in [0, 0.05) is 22.8 Å². The Labute approximate surface area is 243 Å². The van der Waals surface area contributed by atoms with Crippen LogP contribution in [-0.2, 0) is 6.42 Å². The van der Waals surface area contributed by atoms with Crippen molar-refractivity contribution >= 4 is 22.7 Å². The van der Waals surface area contributed by atoms with Crippen LogP contribution in [0, 0.1) is 0 Å². The normalized spacial score (nSPS) is 10.9. The number of nitrogen functional groups attached to an aromatic ring is 4. The van der Waals surface area contributed by atoms with E-state index in [2.05, 4.69) is 0 Å². The Kier molecular flexibility index (Phi) is 12.5. The van der Waals surface area contributed by atoms with Gasteiger partial charge in [-0.2, -0.15) is 0 Å². The van der Waals surface area contributed by atoms with Crippen LogP contribution in [-0.4, -0.2) is 0 Å². The van der Waals surface area contributed by atoms with Crippen molar-refractivity contribution in [1.29, 1.82) is 0 Å². The van der Waals surface area contributed by atoms with E-state index >= 15 is 0 Å². The van der Waals surface area contributed by atoms with Crippen molar-refractivity contribution in [3.05, 3.63) is 120 Å². The van der Waals surface area contributed by atoms with Crippen molar-refractivity contribution in [1.82, 2.24) is 0 Å². The standard InChI is InChI=1S/C25H24N4O2.2C4H9N/c26-18-5-11-24(22(28)14-18)30-20-7-1-16(2-8-20)13-17-3-9-21(10-4-17)31-25-12-6-19(27)15-23(25)29;2*1-3-4(2)5/h1-12,14-15H,13,26-29H2;2*3H,5H2,1-2H3/b;2*4-3+. The highest BCUT2D eigenvalue weighted by atomic mass is 16.5. The number of benzene rings is 4. The molecule has 0 aliphatic heterocycles. The van der Waals surface area contributed by atoms with Crippen molar-refractivity contribution in [3.63, 3.8) is 0 Å². The Morgan fingerprint density at radius 2 is 0.878 bits per heavy atom. The maximum atomic E-state index is 5.95. The number of anilines is 4. The minimum atomic E-state index is 0.507. The quantitative estimate of drug-likeness (QED) is 0.139. The number of hydrogen-bond donors (Lipinski definition) is 6. The maximum Gasteiger partial charge on any atom is 0.150 e. The van der Waals surface area contributed by atoms with E-state index in [9.17, 15) is 0 Å². The molecule has 12 N–H and O–H groups in total. The molecular weight excluding hydrogens is 512 g/mol. The fraction of sp³-hybridized carbons (Fsp3) is 0.152. The molecule has 0 saturated carbocycles. The van der Waals surface area contributed by atoms with Crippen molar-refractivity contribution < 1.29 is 9.47 Å². The van der Waals surface area contributed by atoms with Crippen LogP contribution in [0.2, 0.25) is 0 Å². The summed E-state index contributed by atoms with van der Waals surface area (Å²) in [5, 5.41) is 0. The molecule has 0 radical (unpaired) electrons. The smallest absolute Gasteiger partial charge is 0.150 e. The fourth-order valence-corrected chi connectivity index (χ4v) is 3.16. The van der Waals surface area contributed by atoms with Crippen molar-refractivity contribution in [2.75, 3.05) is 22.9 Å². The van der Waals surface area contributed by atoms with Gasteiger partial charge in [-0.05, 0) is 106 Å². The lowest BCUT2D eigenvalue weighted by Gasteiger charge is -2.11. The zero-order valence-corrected chi connectivity index (χ0v) is 24.2. The highest BCUT2D eigenvalue weighted by Crippen LogP contribution is 2.31. The van der Waals surface area contributed by atoms with Gasteiger partial charge >= 0.3 is 0 Å². The summed E-state index contributed by atoms with van der Waals surface area (Å²) in [7, 11) is 0. The van der Waals surface area contributed by atoms with Gasteiger partial charge in [0.25, 0.3) is 0 Å². The number of rotatable bonds is 6. The van der Waals surface area contributed by atoms with Gasteiger partial charge in [-0.25, -0.2) is 0 Å². The van der Waals surface area contributed by atoms with E-state index in [1.165, 1.54) is 0 Å². The van der Waals surface area contributed by atoms with Gasteiger partial charge in [-0.3, -0.25) is 0 Å². The first-order chi connectivity index (χ1) is 19.5. The molecular formula is C33H42N6O2. The van der Waals surface area contributed by atoms with Gasteiger partial charge < -0.3 is 43.9 Å². The molecule has 8 nitrogen and oxygen atoms in total. The van der Waals surface area contributed by atoms with Crippen LogP contribution >= 0.6 is 0 Å². The third-order valence-electron chi connectivity index (χ3n) is 5.69. The van der Waals surface area contributed by atoms with Gasteiger partial charge in [-0.15, -0.1) is 0 Å². The Bertz CT molecular complexity index is 1330. The van der Waals surface area contributed by atoms with E-state index in [1.807, 2.05) is 88.4 Å². The van der Waals surface area contributed by atoms with Crippen molar-refractivity contribution in [3.8, 4) is 23.0 Å². The first-order valence-electron chi connectivity index (χ1n) is 13.1. The van der Waals surface area contributed by atoms with Gasteiger partial charge in [0.2, 0.25) is 0 Å². The van der Waals surface area contributed by atoms with Crippen molar-refractivity contribution in [2.24, 2.45) is 11.5 Å². The molecule has 4 aromatic rings. The van der Waals surface area contributed by atoms with E-state index in [0.29, 0.717) is 45.7 Å². The molecule has 0 fully saturated rings. The van der Waals surface area contributed by atoms with Crippen LogP contribution in [0.5, 0.6) is 23.0 Å². The molecule has 4 aromatic carbocycles. The maximum absolute atomic E-state index is 5.95. The summed E-state index contributed by atoms with van der Waals surface area (Å²) in [5.74, 6) is 2.59. The predicted octanol–water partition coefficient (Wildman–Crippen LogP) is 6.93. The lowest BCUT2D eigenvalue weighted by atomic mass is 10.0. The Balaban J connectivity index is 0.000000507. The Morgan fingerprint density at radius 3 is 1.15 bits per heavy atom. The zero-order chi connectivity index (χ0) is 30.4. The molecule has 0 saturated heterocycles. The monoisotopic (exact) mass is 554 g/mol. The Morgan fingerprint density at radius 1 is 0.561 bits per heavy atom. The van der Waals surface area contributed by atoms with Crippen molar-refractivity contribution in [2.45, 2.75) is 34.1 Å². The summed E-state index contributed by atoms with van der Waals surface area (Å²) in [6, 6.07) is 26.2. The molecule has 216 valence electrons. The second-order valence-corrected chi connectivity index (χ2v) is 9.33. The Hall–Kier alpha value is -5.24. The minimum absolute atomic E-state index is 0.507. The molecule has 4 rings (SSSR count). The third kappa shape index (κ3) is 11.6. The average Bonchev–Trinajstić information content (AvgIpc) is 2.94. The molecule has 41 heavy (non-hydrogen) atoms. The molecule has 0 bridgehead atoms. The summed E-state index contributed by atoms with van der Waals surface area (Å²) in [5.41, 5.74) is 39.9. The summed E-state index contributed by atoms with van der Waals surface area (Å²) in [4.78, 5) is 0. The lowest BCUT2D eigenvalue weighted by molar-refractivity contribution is 0.485. The second-order valence-electron chi connectivity index (χ2n) is 9.33. The van der Waals surface area contributed by atoms with E-state index in [-0.39, 0.29) is 0 Å². The van der Waals surface area contributed by atoms with E-state index in [1.54, 1.807) is 36.4 Å². The average molecular weight is 555 g/mol. The molecule has 0 aromatic heterocycles. The number of nitrogens with two attached hydrogens (primary N) is 6. The van der Waals surface area contributed by atoms with Gasteiger partial charge in [0.05, 0.1) is 11.4 Å². The van der Waals surface area contributed by atoms with Crippen LogP contribution in [0.4, 0.5) is 22.7 Å². The SMILES string of the molecule is C/C=C(\C)N.C/C=C(\C)N.Nc1ccc(Oc2ccc(Cc3ccc(Oc4ccc(N)cc4N)cc3)cc2)c(N)c1. The second kappa shape index (κ2) is 16.0. The molecule has 8 heteroatoms. The zero-order valence-electron chi connectivity index (χ0n) is 24.2. The summed E-state index contributed by atoms with van der Waals surface area (Å²) < 4.78 is 11.7. The van der Waals surface area contributed by atoms with Gasteiger partial charge in [-0.1, -0.05) is 36.4 Å². The highest BCUT2D eigenvalue weighted by Gasteiger charge is 2.05. The highest BCUT2D eigenvalue weighted by molar-refractivity contribution is 5.62. The molecule has 0 aliphatic rings.